The zero-order valence-corrected chi connectivity index (χ0v) is 18.7. The van der Waals surface area contributed by atoms with Crippen LogP contribution in [0.5, 0.6) is 11.5 Å². The lowest BCUT2D eigenvalue weighted by molar-refractivity contribution is -0.115. The quantitative estimate of drug-likeness (QED) is 0.594. The Morgan fingerprint density at radius 1 is 1.10 bits per heavy atom. The number of carbonyl (C=O) groups is 1. The predicted octanol–water partition coefficient (Wildman–Crippen LogP) is 4.44. The van der Waals surface area contributed by atoms with Gasteiger partial charge in [0.15, 0.2) is 0 Å². The number of hydrogen-bond donors (Lipinski definition) is 1. The van der Waals surface area contributed by atoms with Crippen LogP contribution < -0.4 is 19.7 Å². The number of benzene rings is 2. The highest BCUT2D eigenvalue weighted by molar-refractivity contribution is 8.00. The van der Waals surface area contributed by atoms with Crippen molar-refractivity contribution in [3.8, 4) is 11.5 Å². The molecule has 1 aliphatic heterocycles. The molecule has 1 aliphatic rings. The first-order valence-electron chi connectivity index (χ1n) is 10.4. The summed E-state index contributed by atoms with van der Waals surface area (Å²) in [7, 11) is 0. The van der Waals surface area contributed by atoms with Crippen LogP contribution in [0, 0.1) is 0 Å². The predicted molar refractivity (Wildman–Crippen MR) is 122 cm³/mol. The molecule has 1 fully saturated rings. The molecule has 2 aromatic carbocycles. The van der Waals surface area contributed by atoms with Gasteiger partial charge in [0, 0.05) is 30.1 Å². The lowest BCUT2D eigenvalue weighted by Crippen LogP contribution is -2.36. The smallest absolute Gasteiger partial charge is 0.237 e. The zero-order chi connectivity index (χ0) is 21.3. The first-order valence-corrected chi connectivity index (χ1v) is 11.3. The van der Waals surface area contributed by atoms with Gasteiger partial charge in [-0.25, -0.2) is 0 Å². The molecule has 0 bridgehead atoms. The van der Waals surface area contributed by atoms with Crippen molar-refractivity contribution < 1.29 is 19.0 Å². The maximum atomic E-state index is 12.9. The number of rotatable bonds is 9. The Balaban J connectivity index is 1.82. The molecule has 162 valence electrons. The average molecular weight is 431 g/mol. The van der Waals surface area contributed by atoms with E-state index in [2.05, 4.69) is 10.2 Å². The van der Waals surface area contributed by atoms with E-state index >= 15 is 0 Å². The Labute approximate surface area is 182 Å². The van der Waals surface area contributed by atoms with Crippen molar-refractivity contribution in [2.45, 2.75) is 30.9 Å². The van der Waals surface area contributed by atoms with Crippen LogP contribution in [-0.4, -0.2) is 50.7 Å². The molecule has 3 rings (SSSR count). The van der Waals surface area contributed by atoms with Crippen molar-refractivity contribution in [2.24, 2.45) is 0 Å². The number of hydrogen-bond acceptors (Lipinski definition) is 6. The average Bonchev–Trinajstić information content (AvgIpc) is 2.77. The SMILES string of the molecule is CCOc1cc(N2CCOCC2)c(OCC)cc1NC(=O)C(C)Sc1ccccc1. The second-order valence-corrected chi connectivity index (χ2v) is 8.26. The van der Waals surface area contributed by atoms with Gasteiger partial charge in [-0.15, -0.1) is 11.8 Å². The van der Waals surface area contributed by atoms with E-state index in [0.717, 1.165) is 29.4 Å². The summed E-state index contributed by atoms with van der Waals surface area (Å²) in [6, 6.07) is 13.8. The van der Waals surface area contributed by atoms with E-state index in [-0.39, 0.29) is 11.2 Å². The number of thioether (sulfide) groups is 1. The second-order valence-electron chi connectivity index (χ2n) is 6.84. The van der Waals surface area contributed by atoms with Gasteiger partial charge >= 0.3 is 0 Å². The number of carbonyl (C=O) groups excluding carboxylic acids is 1. The van der Waals surface area contributed by atoms with Crippen LogP contribution >= 0.6 is 11.8 Å². The van der Waals surface area contributed by atoms with E-state index in [4.69, 9.17) is 14.2 Å². The van der Waals surface area contributed by atoms with Gasteiger partial charge in [0.05, 0.1) is 43.1 Å². The number of morpholine rings is 1. The molecule has 1 N–H and O–H groups in total. The molecule has 0 radical (unpaired) electrons. The minimum atomic E-state index is -0.253. The van der Waals surface area contributed by atoms with Crippen LogP contribution in [0.1, 0.15) is 20.8 Å². The fourth-order valence-corrected chi connectivity index (χ4v) is 4.12. The molecular weight excluding hydrogens is 400 g/mol. The third kappa shape index (κ3) is 5.83. The van der Waals surface area contributed by atoms with Crippen molar-refractivity contribution in [1.82, 2.24) is 0 Å². The Morgan fingerprint density at radius 3 is 2.43 bits per heavy atom. The molecule has 30 heavy (non-hydrogen) atoms. The van der Waals surface area contributed by atoms with Crippen molar-refractivity contribution >= 4 is 29.0 Å². The summed E-state index contributed by atoms with van der Waals surface area (Å²) in [6.07, 6.45) is 0. The number of anilines is 2. The topological polar surface area (TPSA) is 60.0 Å². The fraction of sp³-hybridized carbons (Fsp3) is 0.435. The molecule has 1 amide bonds. The zero-order valence-electron chi connectivity index (χ0n) is 17.8. The normalized spacial score (nSPS) is 14.8. The van der Waals surface area contributed by atoms with E-state index in [9.17, 15) is 4.79 Å². The lowest BCUT2D eigenvalue weighted by atomic mass is 10.2. The van der Waals surface area contributed by atoms with Crippen LogP contribution in [-0.2, 0) is 9.53 Å². The summed E-state index contributed by atoms with van der Waals surface area (Å²) < 4.78 is 17.2. The van der Waals surface area contributed by atoms with E-state index in [0.29, 0.717) is 37.9 Å². The molecule has 0 aromatic heterocycles. The van der Waals surface area contributed by atoms with Gasteiger partial charge in [-0.1, -0.05) is 18.2 Å². The van der Waals surface area contributed by atoms with Crippen LogP contribution in [0.2, 0.25) is 0 Å². The van der Waals surface area contributed by atoms with Gasteiger partial charge in [0.25, 0.3) is 0 Å². The molecule has 0 saturated carbocycles. The highest BCUT2D eigenvalue weighted by Crippen LogP contribution is 2.39. The number of nitrogens with zero attached hydrogens (tertiary/aromatic N) is 1. The van der Waals surface area contributed by atoms with E-state index in [1.807, 2.05) is 63.2 Å². The van der Waals surface area contributed by atoms with Crippen LogP contribution in [0.25, 0.3) is 0 Å². The van der Waals surface area contributed by atoms with Gasteiger partial charge in [-0.2, -0.15) is 0 Å². The van der Waals surface area contributed by atoms with Gasteiger partial charge in [-0.05, 0) is 32.9 Å². The summed E-state index contributed by atoms with van der Waals surface area (Å²) in [5.41, 5.74) is 1.59. The summed E-state index contributed by atoms with van der Waals surface area (Å²) in [5.74, 6) is 1.31. The van der Waals surface area contributed by atoms with E-state index in [1.54, 1.807) is 0 Å². The standard InChI is InChI=1S/C23H30N2O4S/c1-4-28-21-16-20(25-11-13-27-14-12-25)22(29-5-2)15-19(21)24-23(26)17(3)30-18-9-7-6-8-10-18/h6-10,15-17H,4-5,11-14H2,1-3H3,(H,24,26). The van der Waals surface area contributed by atoms with Crippen LogP contribution in [0.3, 0.4) is 0 Å². The number of amides is 1. The molecule has 1 atom stereocenters. The van der Waals surface area contributed by atoms with Crippen LogP contribution in [0.15, 0.2) is 47.4 Å². The molecule has 0 aliphatic carbocycles. The van der Waals surface area contributed by atoms with E-state index < -0.39 is 0 Å². The van der Waals surface area contributed by atoms with Gasteiger partial charge in [0.2, 0.25) is 5.91 Å². The molecule has 2 aromatic rings. The molecule has 0 spiro atoms. The number of ether oxygens (including phenoxy) is 3. The highest BCUT2D eigenvalue weighted by Gasteiger charge is 2.22. The summed E-state index contributed by atoms with van der Waals surface area (Å²) in [6.45, 7) is 9.79. The Kier molecular flexibility index (Phi) is 8.28. The molecule has 1 unspecified atom stereocenters. The molecule has 1 saturated heterocycles. The highest BCUT2D eigenvalue weighted by atomic mass is 32.2. The Hall–Kier alpha value is -2.38. The third-order valence-corrected chi connectivity index (χ3v) is 5.81. The molecular formula is C23H30N2O4S. The van der Waals surface area contributed by atoms with Gasteiger partial charge in [-0.3, -0.25) is 4.79 Å². The van der Waals surface area contributed by atoms with Gasteiger partial charge in [0.1, 0.15) is 11.5 Å². The molecule has 7 heteroatoms. The maximum absolute atomic E-state index is 12.9. The van der Waals surface area contributed by atoms with Crippen molar-refractivity contribution in [3.63, 3.8) is 0 Å². The second kappa shape index (κ2) is 11.1. The minimum Gasteiger partial charge on any atom is -0.492 e. The maximum Gasteiger partial charge on any atom is 0.237 e. The summed E-state index contributed by atoms with van der Waals surface area (Å²) in [5, 5.41) is 2.78. The first kappa shape index (κ1) is 22.3. The minimum absolute atomic E-state index is 0.0774. The van der Waals surface area contributed by atoms with Gasteiger partial charge < -0.3 is 24.4 Å². The first-order chi connectivity index (χ1) is 14.6. The number of nitrogens with one attached hydrogen (secondary N) is 1. The molecule has 6 nitrogen and oxygen atoms in total. The fourth-order valence-electron chi connectivity index (χ4n) is 3.24. The molecule has 1 heterocycles. The third-order valence-electron chi connectivity index (χ3n) is 4.70. The summed E-state index contributed by atoms with van der Waals surface area (Å²) in [4.78, 5) is 16.2. The monoisotopic (exact) mass is 430 g/mol. The Morgan fingerprint density at radius 2 is 1.77 bits per heavy atom. The van der Waals surface area contributed by atoms with Crippen molar-refractivity contribution in [2.75, 3.05) is 49.7 Å². The van der Waals surface area contributed by atoms with Crippen LogP contribution in [0.4, 0.5) is 11.4 Å². The van der Waals surface area contributed by atoms with Crippen molar-refractivity contribution in [1.29, 1.82) is 0 Å². The van der Waals surface area contributed by atoms with Crippen molar-refractivity contribution in [3.05, 3.63) is 42.5 Å². The Bertz CT molecular complexity index is 825. The summed E-state index contributed by atoms with van der Waals surface area (Å²) >= 11 is 1.52. The van der Waals surface area contributed by atoms with E-state index in [1.165, 1.54) is 11.8 Å². The largest absolute Gasteiger partial charge is 0.492 e. The lowest BCUT2D eigenvalue weighted by Gasteiger charge is -2.31.